The second kappa shape index (κ2) is 8.38. The molecule has 3 heterocycles. The minimum atomic E-state index is -2.82. The van der Waals surface area contributed by atoms with Gasteiger partial charge in [0.05, 0.1) is 5.69 Å². The van der Waals surface area contributed by atoms with Crippen LogP contribution in [0.3, 0.4) is 0 Å². The largest absolute Gasteiger partial charge is 0.444 e. The lowest BCUT2D eigenvalue weighted by atomic mass is 10.2. The second-order valence-electron chi connectivity index (χ2n) is 6.71. The molecule has 3 aromatic heterocycles. The van der Waals surface area contributed by atoms with Crippen molar-refractivity contribution in [3.63, 3.8) is 0 Å². The minimum Gasteiger partial charge on any atom is -0.444 e. The number of halogens is 2. The van der Waals surface area contributed by atoms with Gasteiger partial charge < -0.3 is 14.6 Å². The highest BCUT2D eigenvalue weighted by Gasteiger charge is 2.22. The van der Waals surface area contributed by atoms with Crippen LogP contribution in [0.1, 0.15) is 49.4 Å². The zero-order valence-electron chi connectivity index (χ0n) is 16.6. The van der Waals surface area contributed by atoms with Crippen molar-refractivity contribution < 1.29 is 18.0 Å². The van der Waals surface area contributed by atoms with Crippen LogP contribution in [0, 0.1) is 0 Å². The Labute approximate surface area is 166 Å². The zero-order chi connectivity index (χ0) is 21.1. The van der Waals surface area contributed by atoms with E-state index >= 15 is 0 Å². The number of hydrogen-bond acceptors (Lipinski definition) is 6. The molecule has 29 heavy (non-hydrogen) atoms. The summed E-state index contributed by atoms with van der Waals surface area (Å²) in [6.07, 6.45) is 1.36. The molecule has 0 saturated heterocycles. The molecule has 3 aromatic rings. The molecule has 0 aliphatic heterocycles. The van der Waals surface area contributed by atoms with Crippen LogP contribution < -0.4 is 10.2 Å². The smallest absolute Gasteiger partial charge is 0.284 e. The first-order valence-corrected chi connectivity index (χ1v) is 9.11. The van der Waals surface area contributed by atoms with E-state index in [0.29, 0.717) is 5.56 Å². The lowest BCUT2D eigenvalue weighted by molar-refractivity contribution is 0.102. The van der Waals surface area contributed by atoms with Crippen molar-refractivity contribution in [3.8, 4) is 11.5 Å². The van der Waals surface area contributed by atoms with Crippen molar-refractivity contribution in [1.29, 1.82) is 0 Å². The second-order valence-corrected chi connectivity index (χ2v) is 6.71. The molecule has 0 aliphatic carbocycles. The number of aromatic nitrogens is 4. The number of rotatable bonds is 7. The van der Waals surface area contributed by atoms with Gasteiger partial charge in [-0.3, -0.25) is 9.48 Å². The van der Waals surface area contributed by atoms with Gasteiger partial charge in [0, 0.05) is 37.6 Å². The summed E-state index contributed by atoms with van der Waals surface area (Å²) in [5.41, 5.74) is 0.0751. The van der Waals surface area contributed by atoms with Gasteiger partial charge in [0.25, 0.3) is 12.3 Å². The van der Waals surface area contributed by atoms with Crippen LogP contribution in [-0.2, 0) is 0 Å². The van der Waals surface area contributed by atoms with Gasteiger partial charge in [-0.25, -0.2) is 18.7 Å². The average molecular weight is 404 g/mol. The molecule has 0 saturated carbocycles. The normalized spacial score (nSPS) is 11.3. The number of pyridine rings is 1. The highest BCUT2D eigenvalue weighted by Crippen LogP contribution is 2.28. The number of nitrogens with zero attached hydrogens (tertiary/aromatic N) is 5. The Kier molecular flexibility index (Phi) is 5.90. The first kappa shape index (κ1) is 20.4. The molecule has 1 N–H and O–H groups in total. The van der Waals surface area contributed by atoms with E-state index in [1.165, 1.54) is 17.1 Å². The molecular formula is C19H22F2N6O2. The number of carbonyl (C=O) groups excluding carboxylic acids is 1. The molecule has 0 unspecified atom stereocenters. The standard InChI is InChI=1S/C19H22F2N6O2/c1-5-26(4)15-8-12(6-7-22-15)19-24-14(10-29-19)18(28)23-13-9-27(11(2)3)25-16(13)17(20)21/h6-11,17H,5H2,1-4H3,(H,23,28). The summed E-state index contributed by atoms with van der Waals surface area (Å²) < 4.78 is 33.3. The number of nitrogens with one attached hydrogen (secondary N) is 1. The lowest BCUT2D eigenvalue weighted by Gasteiger charge is -2.15. The average Bonchev–Trinajstić information content (AvgIpc) is 3.35. The van der Waals surface area contributed by atoms with E-state index in [2.05, 4.69) is 20.4 Å². The monoisotopic (exact) mass is 404 g/mol. The van der Waals surface area contributed by atoms with Crippen LogP contribution >= 0.6 is 0 Å². The first-order chi connectivity index (χ1) is 13.8. The van der Waals surface area contributed by atoms with Gasteiger partial charge in [-0.1, -0.05) is 0 Å². The van der Waals surface area contributed by atoms with Crippen LogP contribution in [0.2, 0.25) is 0 Å². The molecular weight excluding hydrogens is 382 g/mol. The van der Waals surface area contributed by atoms with E-state index in [1.54, 1.807) is 32.2 Å². The lowest BCUT2D eigenvalue weighted by Crippen LogP contribution is -2.16. The molecule has 1 amide bonds. The molecule has 3 rings (SSSR count). The van der Waals surface area contributed by atoms with E-state index in [9.17, 15) is 13.6 Å². The van der Waals surface area contributed by atoms with Gasteiger partial charge in [-0.2, -0.15) is 5.10 Å². The third-order valence-electron chi connectivity index (χ3n) is 4.34. The Morgan fingerprint density at radius 2 is 2.14 bits per heavy atom. The summed E-state index contributed by atoms with van der Waals surface area (Å²) in [4.78, 5) is 22.9. The molecule has 10 heteroatoms. The van der Waals surface area contributed by atoms with E-state index in [-0.39, 0.29) is 23.3 Å². The Morgan fingerprint density at radius 3 is 2.79 bits per heavy atom. The van der Waals surface area contributed by atoms with E-state index in [1.807, 2.05) is 18.9 Å². The van der Waals surface area contributed by atoms with Crippen molar-refractivity contribution in [3.05, 3.63) is 42.2 Å². The number of alkyl halides is 2. The van der Waals surface area contributed by atoms with E-state index < -0.39 is 18.0 Å². The Bertz CT molecular complexity index is 998. The maximum atomic E-state index is 13.2. The van der Waals surface area contributed by atoms with Gasteiger partial charge in [-0.05, 0) is 32.9 Å². The number of amides is 1. The summed E-state index contributed by atoms with van der Waals surface area (Å²) in [7, 11) is 1.90. The zero-order valence-corrected chi connectivity index (χ0v) is 16.6. The number of hydrogen-bond donors (Lipinski definition) is 1. The molecule has 0 radical (unpaired) electrons. The molecule has 8 nitrogen and oxygen atoms in total. The Balaban J connectivity index is 1.82. The van der Waals surface area contributed by atoms with Crippen LogP contribution in [-0.4, -0.2) is 39.2 Å². The molecule has 0 atom stereocenters. The molecule has 0 aliphatic rings. The minimum absolute atomic E-state index is 0.0280. The summed E-state index contributed by atoms with van der Waals surface area (Å²) in [5.74, 6) is 0.303. The van der Waals surface area contributed by atoms with Gasteiger partial charge >= 0.3 is 0 Å². The highest BCUT2D eigenvalue weighted by atomic mass is 19.3. The topological polar surface area (TPSA) is 89.1 Å². The third kappa shape index (κ3) is 4.41. The Morgan fingerprint density at radius 1 is 1.38 bits per heavy atom. The number of oxazole rings is 1. The van der Waals surface area contributed by atoms with E-state index in [4.69, 9.17) is 4.42 Å². The molecule has 0 aromatic carbocycles. The van der Waals surface area contributed by atoms with Crippen molar-refractivity contribution >= 4 is 17.4 Å². The maximum absolute atomic E-state index is 13.2. The molecule has 0 bridgehead atoms. The quantitative estimate of drug-likeness (QED) is 0.636. The first-order valence-electron chi connectivity index (χ1n) is 9.11. The van der Waals surface area contributed by atoms with Crippen molar-refractivity contribution in [2.24, 2.45) is 0 Å². The van der Waals surface area contributed by atoms with Crippen LogP contribution in [0.15, 0.2) is 35.2 Å². The van der Waals surface area contributed by atoms with Gasteiger partial charge in [-0.15, -0.1) is 0 Å². The maximum Gasteiger partial charge on any atom is 0.284 e. The van der Waals surface area contributed by atoms with Gasteiger partial charge in [0.15, 0.2) is 11.4 Å². The molecule has 154 valence electrons. The Hall–Kier alpha value is -3.30. The number of carbonyl (C=O) groups is 1. The van der Waals surface area contributed by atoms with Gasteiger partial charge in [0.2, 0.25) is 5.89 Å². The van der Waals surface area contributed by atoms with Crippen LogP contribution in [0.5, 0.6) is 0 Å². The fraction of sp³-hybridized carbons (Fsp3) is 0.368. The summed E-state index contributed by atoms with van der Waals surface area (Å²) in [6.45, 7) is 6.37. The van der Waals surface area contributed by atoms with Gasteiger partial charge in [0.1, 0.15) is 12.1 Å². The number of anilines is 2. The summed E-state index contributed by atoms with van der Waals surface area (Å²) in [5, 5.41) is 6.28. The van der Waals surface area contributed by atoms with Crippen molar-refractivity contribution in [2.45, 2.75) is 33.2 Å². The third-order valence-corrected chi connectivity index (χ3v) is 4.34. The SMILES string of the molecule is CCN(C)c1cc(-c2nc(C(=O)Nc3cn(C(C)C)nc3C(F)F)co2)ccn1. The van der Waals surface area contributed by atoms with Crippen LogP contribution in [0.25, 0.3) is 11.5 Å². The predicted molar refractivity (Wildman–Crippen MR) is 104 cm³/mol. The fourth-order valence-electron chi connectivity index (χ4n) is 2.55. The summed E-state index contributed by atoms with van der Waals surface area (Å²) in [6, 6.07) is 3.37. The molecule has 0 fully saturated rings. The van der Waals surface area contributed by atoms with E-state index in [0.717, 1.165) is 12.4 Å². The van der Waals surface area contributed by atoms with Crippen LogP contribution in [0.4, 0.5) is 20.3 Å². The van der Waals surface area contributed by atoms with Crippen molar-refractivity contribution in [2.75, 3.05) is 23.8 Å². The molecule has 0 spiro atoms. The highest BCUT2D eigenvalue weighted by molar-refractivity contribution is 6.03. The fourth-order valence-corrected chi connectivity index (χ4v) is 2.55. The summed E-state index contributed by atoms with van der Waals surface area (Å²) >= 11 is 0. The van der Waals surface area contributed by atoms with Crippen molar-refractivity contribution in [1.82, 2.24) is 19.7 Å². The predicted octanol–water partition coefficient (Wildman–Crippen LogP) is 4.16.